The molecular formula is C24H28N4O3. The summed E-state index contributed by atoms with van der Waals surface area (Å²) in [5.74, 6) is 0.891. The maximum absolute atomic E-state index is 12.4. The van der Waals surface area contributed by atoms with Crippen molar-refractivity contribution in [3.05, 3.63) is 59.9 Å². The van der Waals surface area contributed by atoms with Crippen LogP contribution in [0.5, 0.6) is 5.75 Å². The van der Waals surface area contributed by atoms with Gasteiger partial charge in [0.1, 0.15) is 5.75 Å². The van der Waals surface area contributed by atoms with Crippen molar-refractivity contribution >= 4 is 17.5 Å². The van der Waals surface area contributed by atoms with Crippen molar-refractivity contribution in [1.82, 2.24) is 15.2 Å². The Morgan fingerprint density at radius 3 is 2.48 bits per heavy atom. The number of hydrogen-bond acceptors (Lipinski definition) is 5. The lowest BCUT2D eigenvalue weighted by Gasteiger charge is -2.07. The van der Waals surface area contributed by atoms with Gasteiger partial charge in [-0.1, -0.05) is 19.8 Å². The highest BCUT2D eigenvalue weighted by atomic mass is 16.5. The van der Waals surface area contributed by atoms with E-state index < -0.39 is 0 Å². The van der Waals surface area contributed by atoms with Crippen LogP contribution in [-0.4, -0.2) is 33.5 Å². The van der Waals surface area contributed by atoms with Crippen LogP contribution >= 0.6 is 0 Å². The van der Waals surface area contributed by atoms with Gasteiger partial charge in [-0.2, -0.15) is 5.10 Å². The Morgan fingerprint density at radius 1 is 1.03 bits per heavy atom. The molecule has 0 spiro atoms. The van der Waals surface area contributed by atoms with Crippen molar-refractivity contribution in [2.45, 2.75) is 46.0 Å². The van der Waals surface area contributed by atoms with Gasteiger partial charge in [-0.05, 0) is 49.7 Å². The molecule has 0 radical (unpaired) electrons. The van der Waals surface area contributed by atoms with Crippen molar-refractivity contribution in [3.63, 3.8) is 0 Å². The summed E-state index contributed by atoms with van der Waals surface area (Å²) in [6.07, 6.45) is 6.92. The van der Waals surface area contributed by atoms with E-state index >= 15 is 0 Å². The zero-order chi connectivity index (χ0) is 22.1. The van der Waals surface area contributed by atoms with E-state index in [1.54, 1.807) is 36.7 Å². The molecule has 0 saturated heterocycles. The van der Waals surface area contributed by atoms with E-state index in [4.69, 9.17) is 4.74 Å². The molecule has 0 saturated carbocycles. The largest absolute Gasteiger partial charge is 0.494 e. The molecular weight excluding hydrogens is 392 g/mol. The summed E-state index contributed by atoms with van der Waals surface area (Å²) in [6, 6.07) is 10.8. The molecule has 2 N–H and O–H groups in total. The second kappa shape index (κ2) is 11.1. The minimum absolute atomic E-state index is 0.0797. The van der Waals surface area contributed by atoms with Crippen molar-refractivity contribution in [2.75, 3.05) is 11.9 Å². The third-order valence-corrected chi connectivity index (χ3v) is 5.01. The van der Waals surface area contributed by atoms with Gasteiger partial charge in [-0.3, -0.25) is 19.7 Å². The predicted molar refractivity (Wildman–Crippen MR) is 120 cm³/mol. The van der Waals surface area contributed by atoms with Gasteiger partial charge in [0.05, 0.1) is 12.3 Å². The molecule has 7 nitrogen and oxygen atoms in total. The van der Waals surface area contributed by atoms with Gasteiger partial charge in [0.15, 0.2) is 11.6 Å². The normalized spacial score (nSPS) is 10.6. The summed E-state index contributed by atoms with van der Waals surface area (Å²) in [4.78, 5) is 28.7. The van der Waals surface area contributed by atoms with Crippen LogP contribution in [-0.2, 0) is 4.79 Å². The lowest BCUT2D eigenvalue weighted by Crippen LogP contribution is -2.14. The lowest BCUT2D eigenvalue weighted by atomic mass is 10.1. The van der Waals surface area contributed by atoms with Gasteiger partial charge in [0.2, 0.25) is 5.91 Å². The molecule has 2 heterocycles. The number of ether oxygens (including phenoxy) is 1. The maximum Gasteiger partial charge on any atom is 0.226 e. The van der Waals surface area contributed by atoms with Crippen LogP contribution < -0.4 is 10.1 Å². The number of rotatable bonds is 11. The highest BCUT2D eigenvalue weighted by molar-refractivity contribution is 6.00. The van der Waals surface area contributed by atoms with Crippen molar-refractivity contribution in [3.8, 4) is 17.0 Å². The van der Waals surface area contributed by atoms with E-state index in [-0.39, 0.29) is 24.5 Å². The minimum Gasteiger partial charge on any atom is -0.494 e. The van der Waals surface area contributed by atoms with Gasteiger partial charge in [-0.15, -0.1) is 0 Å². The van der Waals surface area contributed by atoms with Gasteiger partial charge in [0.25, 0.3) is 0 Å². The molecule has 0 aliphatic carbocycles. The van der Waals surface area contributed by atoms with Crippen LogP contribution in [0.1, 0.15) is 54.9 Å². The van der Waals surface area contributed by atoms with E-state index in [1.165, 1.54) is 0 Å². The Balaban J connectivity index is 1.48. The Morgan fingerprint density at radius 2 is 1.77 bits per heavy atom. The first-order valence-corrected chi connectivity index (χ1v) is 10.6. The molecule has 0 aliphatic rings. The number of carbonyl (C=O) groups is 2. The molecule has 2 aromatic heterocycles. The maximum atomic E-state index is 12.4. The fourth-order valence-electron chi connectivity index (χ4n) is 3.16. The van der Waals surface area contributed by atoms with E-state index in [2.05, 4.69) is 27.4 Å². The fourth-order valence-corrected chi connectivity index (χ4v) is 3.16. The number of ketones is 1. The van der Waals surface area contributed by atoms with E-state index in [1.807, 2.05) is 19.1 Å². The molecule has 31 heavy (non-hydrogen) atoms. The Kier molecular flexibility index (Phi) is 7.92. The molecule has 0 aliphatic heterocycles. The van der Waals surface area contributed by atoms with E-state index in [9.17, 15) is 9.59 Å². The number of pyridine rings is 1. The zero-order valence-electron chi connectivity index (χ0n) is 18.0. The van der Waals surface area contributed by atoms with E-state index in [0.717, 1.165) is 41.8 Å². The summed E-state index contributed by atoms with van der Waals surface area (Å²) in [5, 5.41) is 9.91. The van der Waals surface area contributed by atoms with Crippen molar-refractivity contribution < 1.29 is 14.3 Å². The molecule has 0 fully saturated rings. The third kappa shape index (κ3) is 6.25. The number of carbonyl (C=O) groups excluding carboxylic acids is 2. The number of H-pyrrole nitrogens is 1. The SMILES string of the molecule is CCCCCOc1ccc(C(=O)CCC(=O)Nc2n[nH]c(-c3ccncc3)c2C)cc1. The number of unbranched alkanes of at least 4 members (excludes halogenated alkanes) is 2. The number of hydrogen-bond donors (Lipinski definition) is 2. The number of aromatic amines is 1. The molecule has 7 heteroatoms. The standard InChI is InChI=1S/C24H28N4O3/c1-3-4-5-16-31-20-8-6-18(7-9-20)21(29)10-11-22(30)26-24-17(2)23(27-28-24)19-12-14-25-15-13-19/h6-9,12-15H,3-5,10-11,16H2,1-2H3,(H2,26,27,28,30). The average molecular weight is 421 g/mol. The molecule has 162 valence electrons. The summed E-state index contributed by atoms with van der Waals surface area (Å²) >= 11 is 0. The van der Waals surface area contributed by atoms with Gasteiger partial charge in [0, 0.05) is 41.9 Å². The molecule has 3 aromatic rings. The van der Waals surface area contributed by atoms with Gasteiger partial charge < -0.3 is 10.1 Å². The average Bonchev–Trinajstić information content (AvgIpc) is 3.16. The third-order valence-electron chi connectivity index (χ3n) is 5.01. The monoisotopic (exact) mass is 420 g/mol. The van der Waals surface area contributed by atoms with Crippen molar-refractivity contribution in [1.29, 1.82) is 0 Å². The number of amides is 1. The van der Waals surface area contributed by atoms with Crippen LogP contribution in [0.15, 0.2) is 48.8 Å². The summed E-state index contributed by atoms with van der Waals surface area (Å²) in [7, 11) is 0. The number of anilines is 1. The summed E-state index contributed by atoms with van der Waals surface area (Å²) < 4.78 is 5.66. The number of benzene rings is 1. The van der Waals surface area contributed by atoms with Gasteiger partial charge in [-0.25, -0.2) is 0 Å². The Bertz CT molecular complexity index is 997. The molecule has 0 atom stereocenters. The number of nitrogens with one attached hydrogen (secondary N) is 2. The van der Waals surface area contributed by atoms with Crippen LogP contribution in [0, 0.1) is 6.92 Å². The quantitative estimate of drug-likeness (QED) is 0.338. The van der Waals surface area contributed by atoms with Gasteiger partial charge >= 0.3 is 0 Å². The van der Waals surface area contributed by atoms with E-state index in [0.29, 0.717) is 18.0 Å². The van der Waals surface area contributed by atoms with Crippen LogP contribution in [0.25, 0.3) is 11.3 Å². The lowest BCUT2D eigenvalue weighted by molar-refractivity contribution is -0.116. The van der Waals surface area contributed by atoms with Crippen LogP contribution in [0.2, 0.25) is 0 Å². The van der Waals surface area contributed by atoms with Crippen LogP contribution in [0.4, 0.5) is 5.82 Å². The second-order valence-corrected chi connectivity index (χ2v) is 7.36. The number of aromatic nitrogens is 3. The first-order chi connectivity index (χ1) is 15.1. The molecule has 0 unspecified atom stereocenters. The number of Topliss-reactive ketones (excluding diaryl/α,β-unsaturated/α-hetero) is 1. The molecule has 1 amide bonds. The zero-order valence-corrected chi connectivity index (χ0v) is 18.0. The first-order valence-electron chi connectivity index (χ1n) is 10.6. The fraction of sp³-hybridized carbons (Fsp3) is 0.333. The summed E-state index contributed by atoms with van der Waals surface area (Å²) in [5.41, 5.74) is 3.17. The smallest absolute Gasteiger partial charge is 0.226 e. The molecule has 3 rings (SSSR count). The highest BCUT2D eigenvalue weighted by Crippen LogP contribution is 2.25. The Labute approximate surface area is 182 Å². The number of nitrogens with zero attached hydrogens (tertiary/aromatic N) is 2. The summed E-state index contributed by atoms with van der Waals surface area (Å²) in [6.45, 7) is 4.71. The topological polar surface area (TPSA) is 97.0 Å². The minimum atomic E-state index is -0.250. The highest BCUT2D eigenvalue weighted by Gasteiger charge is 2.15. The molecule has 0 bridgehead atoms. The van der Waals surface area contributed by atoms with Crippen molar-refractivity contribution in [2.24, 2.45) is 0 Å². The molecule has 1 aromatic carbocycles. The second-order valence-electron chi connectivity index (χ2n) is 7.36. The Hall–Kier alpha value is -3.48. The predicted octanol–water partition coefficient (Wildman–Crippen LogP) is 4.95. The van der Waals surface area contributed by atoms with Crippen LogP contribution in [0.3, 0.4) is 0 Å². The first kappa shape index (κ1) is 22.2.